The lowest BCUT2D eigenvalue weighted by molar-refractivity contribution is 0.563. The minimum atomic E-state index is 0.527. The summed E-state index contributed by atoms with van der Waals surface area (Å²) in [4.78, 5) is 2.03. The number of benzene rings is 1. The lowest BCUT2D eigenvalue weighted by Crippen LogP contribution is -2.05. The summed E-state index contributed by atoms with van der Waals surface area (Å²) in [7, 11) is 4.05. The van der Waals surface area contributed by atoms with E-state index in [4.69, 9.17) is 0 Å². The molecule has 0 amide bonds. The zero-order chi connectivity index (χ0) is 13.7. The predicted molar refractivity (Wildman–Crippen MR) is 81.1 cm³/mol. The van der Waals surface area contributed by atoms with Crippen LogP contribution in [0.2, 0.25) is 0 Å². The van der Waals surface area contributed by atoms with Gasteiger partial charge < -0.3 is 10.2 Å². The second-order valence-electron chi connectivity index (χ2n) is 5.54. The molecule has 1 aromatic carbocycles. The molecule has 0 aromatic heterocycles. The van der Waals surface area contributed by atoms with Crippen LogP contribution in [0.3, 0.4) is 0 Å². The van der Waals surface area contributed by atoms with Gasteiger partial charge in [0.05, 0.1) is 0 Å². The van der Waals surface area contributed by atoms with E-state index in [2.05, 4.69) is 51.2 Å². The molecule has 0 aliphatic carbocycles. The second-order valence-corrected chi connectivity index (χ2v) is 5.54. The fraction of sp³-hybridized carbons (Fsp3) is 0.500. The highest BCUT2D eigenvalue weighted by Crippen LogP contribution is 2.32. The number of rotatable bonds is 5. The molecule has 0 radical (unpaired) electrons. The number of anilines is 1. The Labute approximate surface area is 112 Å². The first-order chi connectivity index (χ1) is 8.43. The molecule has 0 atom stereocenters. The second kappa shape index (κ2) is 6.48. The van der Waals surface area contributed by atoms with Crippen LogP contribution in [0, 0.1) is 0 Å². The van der Waals surface area contributed by atoms with Gasteiger partial charge in [-0.1, -0.05) is 45.9 Å². The molecular formula is C16H26N2. The van der Waals surface area contributed by atoms with Crippen LogP contribution < -0.4 is 5.32 Å². The fourth-order valence-electron chi connectivity index (χ4n) is 1.99. The number of para-hydroxylation sites is 1. The summed E-state index contributed by atoms with van der Waals surface area (Å²) in [6, 6.07) is 6.58. The molecule has 18 heavy (non-hydrogen) atoms. The highest BCUT2D eigenvalue weighted by atomic mass is 15.0. The van der Waals surface area contributed by atoms with E-state index in [0.717, 1.165) is 0 Å². The molecule has 0 saturated carbocycles. The normalized spacial score (nSPS) is 11.6. The molecule has 2 nitrogen and oxygen atoms in total. The van der Waals surface area contributed by atoms with Crippen molar-refractivity contribution in [2.75, 3.05) is 19.4 Å². The Hall–Kier alpha value is -1.44. The number of hydrogen-bond acceptors (Lipinski definition) is 2. The monoisotopic (exact) mass is 246 g/mol. The van der Waals surface area contributed by atoms with E-state index < -0.39 is 0 Å². The standard InChI is InChI=1S/C16H26N2/c1-12(2)14-8-7-9-15(13(3)4)16(14)17-10-11-18(5)6/h7-13,17H,1-6H3/b11-10-. The molecule has 1 aromatic rings. The van der Waals surface area contributed by atoms with E-state index in [9.17, 15) is 0 Å². The Morgan fingerprint density at radius 1 is 1.00 bits per heavy atom. The third-order valence-electron chi connectivity index (χ3n) is 2.97. The van der Waals surface area contributed by atoms with E-state index in [-0.39, 0.29) is 0 Å². The van der Waals surface area contributed by atoms with E-state index >= 15 is 0 Å². The molecule has 100 valence electrons. The molecule has 0 unspecified atom stereocenters. The SMILES string of the molecule is CC(C)c1cccc(C(C)C)c1N/C=C\N(C)C. The van der Waals surface area contributed by atoms with Gasteiger partial charge >= 0.3 is 0 Å². The summed E-state index contributed by atoms with van der Waals surface area (Å²) < 4.78 is 0. The highest BCUT2D eigenvalue weighted by molar-refractivity contribution is 5.61. The molecule has 0 heterocycles. The van der Waals surface area contributed by atoms with Gasteiger partial charge in [-0.05, 0) is 23.0 Å². The van der Waals surface area contributed by atoms with Crippen LogP contribution in [0.4, 0.5) is 5.69 Å². The Kier molecular flexibility index (Phi) is 5.26. The van der Waals surface area contributed by atoms with Gasteiger partial charge in [0.2, 0.25) is 0 Å². The van der Waals surface area contributed by atoms with Crippen LogP contribution in [-0.4, -0.2) is 19.0 Å². The zero-order valence-electron chi connectivity index (χ0n) is 12.5. The Balaban J connectivity index is 3.11. The van der Waals surface area contributed by atoms with E-state index in [1.807, 2.05) is 31.4 Å². The predicted octanol–water partition coefficient (Wildman–Crippen LogP) is 4.38. The van der Waals surface area contributed by atoms with Crippen LogP contribution in [0.25, 0.3) is 0 Å². The largest absolute Gasteiger partial charge is 0.382 e. The molecule has 1 rings (SSSR count). The van der Waals surface area contributed by atoms with Crippen molar-refractivity contribution < 1.29 is 0 Å². The van der Waals surface area contributed by atoms with Crippen molar-refractivity contribution in [1.82, 2.24) is 4.90 Å². The smallest absolute Gasteiger partial charge is 0.0450 e. The average molecular weight is 246 g/mol. The minimum Gasteiger partial charge on any atom is -0.382 e. The van der Waals surface area contributed by atoms with E-state index in [1.54, 1.807) is 0 Å². The van der Waals surface area contributed by atoms with Gasteiger partial charge in [-0.2, -0.15) is 0 Å². The first-order valence-electron chi connectivity index (χ1n) is 6.66. The Morgan fingerprint density at radius 2 is 1.50 bits per heavy atom. The van der Waals surface area contributed by atoms with E-state index in [0.29, 0.717) is 11.8 Å². The average Bonchev–Trinajstić information content (AvgIpc) is 2.28. The quantitative estimate of drug-likeness (QED) is 0.829. The minimum absolute atomic E-state index is 0.527. The van der Waals surface area contributed by atoms with Crippen LogP contribution in [0.1, 0.15) is 50.7 Å². The molecule has 0 bridgehead atoms. The van der Waals surface area contributed by atoms with Crippen molar-refractivity contribution in [2.45, 2.75) is 39.5 Å². The molecule has 1 N–H and O–H groups in total. The third-order valence-corrected chi connectivity index (χ3v) is 2.97. The highest BCUT2D eigenvalue weighted by Gasteiger charge is 2.12. The third kappa shape index (κ3) is 3.80. The van der Waals surface area contributed by atoms with Crippen molar-refractivity contribution in [3.8, 4) is 0 Å². The van der Waals surface area contributed by atoms with Crippen LogP contribution in [0.5, 0.6) is 0 Å². The lowest BCUT2D eigenvalue weighted by atomic mass is 9.93. The number of hydrogen-bond donors (Lipinski definition) is 1. The van der Waals surface area contributed by atoms with Crippen molar-refractivity contribution in [3.05, 3.63) is 41.7 Å². The van der Waals surface area contributed by atoms with Crippen molar-refractivity contribution in [1.29, 1.82) is 0 Å². The summed E-state index contributed by atoms with van der Waals surface area (Å²) in [5.74, 6) is 1.05. The number of nitrogens with zero attached hydrogens (tertiary/aromatic N) is 1. The number of nitrogens with one attached hydrogen (secondary N) is 1. The molecule has 0 spiro atoms. The lowest BCUT2D eigenvalue weighted by Gasteiger charge is -2.19. The molecule has 0 saturated heterocycles. The molecule has 0 aliphatic rings. The van der Waals surface area contributed by atoms with Crippen molar-refractivity contribution >= 4 is 5.69 Å². The molecule has 0 fully saturated rings. The maximum absolute atomic E-state index is 3.45. The topological polar surface area (TPSA) is 15.3 Å². The summed E-state index contributed by atoms with van der Waals surface area (Å²) in [6.45, 7) is 8.95. The molecule has 0 aliphatic heterocycles. The first kappa shape index (κ1) is 14.6. The maximum atomic E-state index is 3.45. The first-order valence-corrected chi connectivity index (χ1v) is 6.66. The van der Waals surface area contributed by atoms with Gasteiger partial charge in [-0.25, -0.2) is 0 Å². The van der Waals surface area contributed by atoms with Gasteiger partial charge in [0.25, 0.3) is 0 Å². The Morgan fingerprint density at radius 3 is 1.89 bits per heavy atom. The van der Waals surface area contributed by atoms with Crippen LogP contribution in [-0.2, 0) is 0 Å². The Bertz CT molecular complexity index is 377. The van der Waals surface area contributed by atoms with Gasteiger partial charge in [0.15, 0.2) is 0 Å². The fourth-order valence-corrected chi connectivity index (χ4v) is 1.99. The van der Waals surface area contributed by atoms with Gasteiger partial charge in [-0.15, -0.1) is 0 Å². The summed E-state index contributed by atoms with van der Waals surface area (Å²) >= 11 is 0. The molecular weight excluding hydrogens is 220 g/mol. The van der Waals surface area contributed by atoms with Crippen molar-refractivity contribution in [3.63, 3.8) is 0 Å². The van der Waals surface area contributed by atoms with Gasteiger partial charge in [0.1, 0.15) is 0 Å². The van der Waals surface area contributed by atoms with E-state index in [1.165, 1.54) is 16.8 Å². The molecule has 2 heteroatoms. The van der Waals surface area contributed by atoms with Gasteiger partial charge in [0, 0.05) is 32.2 Å². The summed E-state index contributed by atoms with van der Waals surface area (Å²) in [5, 5.41) is 3.45. The van der Waals surface area contributed by atoms with Crippen LogP contribution >= 0.6 is 0 Å². The maximum Gasteiger partial charge on any atom is 0.0450 e. The summed E-state index contributed by atoms with van der Waals surface area (Å²) in [5.41, 5.74) is 4.02. The zero-order valence-corrected chi connectivity index (χ0v) is 12.5. The summed E-state index contributed by atoms with van der Waals surface area (Å²) in [6.07, 6.45) is 4.04. The van der Waals surface area contributed by atoms with Gasteiger partial charge in [-0.3, -0.25) is 0 Å². The van der Waals surface area contributed by atoms with Crippen molar-refractivity contribution in [2.24, 2.45) is 0 Å². The van der Waals surface area contributed by atoms with Crippen LogP contribution in [0.15, 0.2) is 30.6 Å².